The molecule has 0 aromatic carbocycles. The molecule has 2 heterocycles. The van der Waals surface area contributed by atoms with Gasteiger partial charge in [0.1, 0.15) is 6.20 Å². The molecule has 1 fully saturated rings. The van der Waals surface area contributed by atoms with E-state index in [1.165, 1.54) is 6.20 Å². The number of rotatable bonds is 3. The van der Waals surface area contributed by atoms with Gasteiger partial charge < -0.3 is 5.11 Å². The molecule has 0 spiro atoms. The zero-order valence-electron chi connectivity index (χ0n) is 11.4. The molecule has 1 saturated carbocycles. The fraction of sp³-hybridized carbons (Fsp3) is 0.429. The van der Waals surface area contributed by atoms with Crippen LogP contribution < -0.4 is 0 Å². The smallest absolute Gasteiger partial charge is 0.314 e. The van der Waals surface area contributed by atoms with Crippen LogP contribution in [0.4, 0.5) is 5.69 Å². The second-order valence-corrected chi connectivity index (χ2v) is 5.26. The van der Waals surface area contributed by atoms with Crippen molar-refractivity contribution in [1.29, 1.82) is 0 Å². The quantitative estimate of drug-likeness (QED) is 0.691. The zero-order valence-corrected chi connectivity index (χ0v) is 11.4. The van der Waals surface area contributed by atoms with Crippen molar-refractivity contribution in [1.82, 2.24) is 14.8 Å². The number of pyridine rings is 1. The van der Waals surface area contributed by atoms with Gasteiger partial charge in [0.25, 0.3) is 0 Å². The summed E-state index contributed by atoms with van der Waals surface area (Å²) in [6.07, 6.45) is 7.57. The van der Waals surface area contributed by atoms with Crippen LogP contribution in [-0.2, 0) is 0 Å². The Balaban J connectivity index is 2.02. The Labute approximate surface area is 121 Å². The van der Waals surface area contributed by atoms with Gasteiger partial charge in [-0.1, -0.05) is 12.8 Å². The van der Waals surface area contributed by atoms with Crippen LogP contribution >= 0.6 is 0 Å². The maximum Gasteiger partial charge on any atom is 0.314 e. The number of hydrogen-bond donors (Lipinski definition) is 1. The summed E-state index contributed by atoms with van der Waals surface area (Å²) in [7, 11) is 0. The first kappa shape index (κ1) is 13.7. The Morgan fingerprint density at radius 3 is 2.67 bits per heavy atom. The van der Waals surface area contributed by atoms with Gasteiger partial charge in [-0.3, -0.25) is 19.8 Å². The van der Waals surface area contributed by atoms with Crippen molar-refractivity contribution >= 4 is 5.69 Å². The Kier molecular flexibility index (Phi) is 3.66. The number of aliphatic hydroxyl groups is 1. The van der Waals surface area contributed by atoms with Gasteiger partial charge in [-0.25, -0.2) is 0 Å². The summed E-state index contributed by atoms with van der Waals surface area (Å²) in [5.74, 6) is 0. The Hall–Kier alpha value is -2.28. The van der Waals surface area contributed by atoms with Crippen LogP contribution in [0.2, 0.25) is 0 Å². The third-order valence-corrected chi connectivity index (χ3v) is 3.90. The van der Waals surface area contributed by atoms with Crippen molar-refractivity contribution in [3.05, 3.63) is 40.8 Å². The number of nitrogens with zero attached hydrogens (tertiary/aromatic N) is 4. The van der Waals surface area contributed by atoms with E-state index in [-0.39, 0.29) is 11.7 Å². The van der Waals surface area contributed by atoms with E-state index >= 15 is 0 Å². The highest BCUT2D eigenvalue weighted by Gasteiger charge is 2.29. The van der Waals surface area contributed by atoms with E-state index in [0.717, 1.165) is 19.3 Å². The van der Waals surface area contributed by atoms with Gasteiger partial charge in [-0.15, -0.1) is 0 Å². The molecule has 2 atom stereocenters. The molecule has 0 saturated heterocycles. The number of nitro groups is 1. The van der Waals surface area contributed by atoms with Crippen molar-refractivity contribution in [2.24, 2.45) is 0 Å². The fourth-order valence-corrected chi connectivity index (χ4v) is 2.80. The first-order valence-electron chi connectivity index (χ1n) is 6.99. The van der Waals surface area contributed by atoms with Crippen LogP contribution in [0.1, 0.15) is 31.7 Å². The maximum atomic E-state index is 11.2. The lowest BCUT2D eigenvalue weighted by Crippen LogP contribution is -2.27. The van der Waals surface area contributed by atoms with Crippen molar-refractivity contribution in [3.8, 4) is 11.3 Å². The molecule has 7 heteroatoms. The zero-order chi connectivity index (χ0) is 14.8. The molecule has 21 heavy (non-hydrogen) atoms. The van der Waals surface area contributed by atoms with Gasteiger partial charge in [0, 0.05) is 18.0 Å². The monoisotopic (exact) mass is 288 g/mol. The van der Waals surface area contributed by atoms with E-state index in [1.807, 2.05) is 0 Å². The third kappa shape index (κ3) is 2.64. The minimum atomic E-state index is -0.497. The molecule has 3 rings (SSSR count). The van der Waals surface area contributed by atoms with Crippen molar-refractivity contribution < 1.29 is 10.0 Å². The molecule has 2 unspecified atom stereocenters. The van der Waals surface area contributed by atoms with Gasteiger partial charge >= 0.3 is 5.69 Å². The first-order valence-corrected chi connectivity index (χ1v) is 6.99. The highest BCUT2D eigenvalue weighted by Crippen LogP contribution is 2.33. The molecule has 0 radical (unpaired) electrons. The summed E-state index contributed by atoms with van der Waals surface area (Å²) in [6, 6.07) is 3.20. The van der Waals surface area contributed by atoms with Gasteiger partial charge in [0.2, 0.25) is 0 Å². The summed E-state index contributed by atoms with van der Waals surface area (Å²) < 4.78 is 1.55. The summed E-state index contributed by atoms with van der Waals surface area (Å²) in [4.78, 5) is 14.7. The molecule has 7 nitrogen and oxygen atoms in total. The lowest BCUT2D eigenvalue weighted by atomic mass is 9.93. The van der Waals surface area contributed by atoms with Crippen LogP contribution in [0.5, 0.6) is 0 Å². The molecular formula is C14H16N4O3. The normalized spacial score (nSPS) is 22.1. The first-order chi connectivity index (χ1) is 10.2. The lowest BCUT2D eigenvalue weighted by Gasteiger charge is -2.27. The summed E-state index contributed by atoms with van der Waals surface area (Å²) in [6.45, 7) is 0. The van der Waals surface area contributed by atoms with Crippen molar-refractivity contribution in [3.63, 3.8) is 0 Å². The topological polar surface area (TPSA) is 94.1 Å². The average molecular weight is 288 g/mol. The van der Waals surface area contributed by atoms with Crippen LogP contribution in [0, 0.1) is 10.1 Å². The van der Waals surface area contributed by atoms with Crippen LogP contribution in [0.25, 0.3) is 11.3 Å². The molecule has 2 aromatic rings. The van der Waals surface area contributed by atoms with Crippen LogP contribution in [0.15, 0.2) is 30.7 Å². The minimum absolute atomic E-state index is 0.0426. The van der Waals surface area contributed by atoms with Gasteiger partial charge in [-0.2, -0.15) is 5.10 Å². The molecule has 2 aromatic heterocycles. The highest BCUT2D eigenvalue weighted by molar-refractivity contribution is 5.68. The second-order valence-electron chi connectivity index (χ2n) is 5.26. The van der Waals surface area contributed by atoms with Gasteiger partial charge in [0.05, 0.1) is 17.1 Å². The summed E-state index contributed by atoms with van der Waals surface area (Å²) >= 11 is 0. The molecular weight excluding hydrogens is 272 g/mol. The highest BCUT2D eigenvalue weighted by atomic mass is 16.6. The molecule has 0 bridgehead atoms. The Bertz CT molecular complexity index is 641. The largest absolute Gasteiger partial charge is 0.391 e. The maximum absolute atomic E-state index is 11.2. The van der Waals surface area contributed by atoms with Crippen molar-refractivity contribution in [2.75, 3.05) is 0 Å². The fourth-order valence-electron chi connectivity index (χ4n) is 2.80. The SMILES string of the molecule is O=[N+]([O-])c1cn(C2CCCCC2O)nc1-c1ccncc1. The van der Waals surface area contributed by atoms with E-state index < -0.39 is 11.0 Å². The molecule has 0 amide bonds. The molecule has 1 aliphatic rings. The average Bonchev–Trinajstić information content (AvgIpc) is 2.94. The number of aliphatic hydroxyl groups excluding tert-OH is 1. The second kappa shape index (κ2) is 5.61. The molecule has 1 aliphatic carbocycles. The molecule has 1 N–H and O–H groups in total. The summed E-state index contributed by atoms with van der Waals surface area (Å²) in [5, 5.41) is 25.7. The van der Waals surface area contributed by atoms with E-state index in [4.69, 9.17) is 0 Å². The summed E-state index contributed by atoms with van der Waals surface area (Å²) in [5.41, 5.74) is 0.930. The third-order valence-electron chi connectivity index (χ3n) is 3.90. The molecule has 110 valence electrons. The van der Waals surface area contributed by atoms with E-state index in [1.54, 1.807) is 29.2 Å². The lowest BCUT2D eigenvalue weighted by molar-refractivity contribution is -0.384. The van der Waals surface area contributed by atoms with Crippen molar-refractivity contribution in [2.45, 2.75) is 37.8 Å². The predicted octanol–water partition coefficient (Wildman–Crippen LogP) is 2.33. The standard InChI is InChI=1S/C14H16N4O3/c19-13-4-2-1-3-11(13)17-9-12(18(20)21)14(16-17)10-5-7-15-8-6-10/h5-9,11,13,19H,1-4H2. The number of aromatic nitrogens is 3. The molecule has 0 aliphatic heterocycles. The van der Waals surface area contributed by atoms with E-state index in [2.05, 4.69) is 10.1 Å². The van der Waals surface area contributed by atoms with E-state index in [0.29, 0.717) is 17.7 Å². The Morgan fingerprint density at radius 2 is 2.00 bits per heavy atom. The van der Waals surface area contributed by atoms with Gasteiger partial charge in [-0.05, 0) is 25.0 Å². The van der Waals surface area contributed by atoms with Crippen LogP contribution in [0.3, 0.4) is 0 Å². The van der Waals surface area contributed by atoms with Crippen LogP contribution in [-0.4, -0.2) is 30.9 Å². The minimum Gasteiger partial charge on any atom is -0.391 e. The van der Waals surface area contributed by atoms with Gasteiger partial charge in [0.15, 0.2) is 5.69 Å². The Morgan fingerprint density at radius 1 is 1.29 bits per heavy atom. The predicted molar refractivity (Wildman–Crippen MR) is 75.6 cm³/mol. The number of hydrogen-bond acceptors (Lipinski definition) is 5. The van der Waals surface area contributed by atoms with E-state index in [9.17, 15) is 15.2 Å².